The summed E-state index contributed by atoms with van der Waals surface area (Å²) in [6.45, 7) is 10.0. The number of aromatic nitrogens is 1. The lowest BCUT2D eigenvalue weighted by Gasteiger charge is -1.95. The van der Waals surface area contributed by atoms with Crippen LogP contribution in [0.5, 0.6) is 0 Å². The summed E-state index contributed by atoms with van der Waals surface area (Å²) in [6.07, 6.45) is 1.69. The minimum absolute atomic E-state index is 1.07. The van der Waals surface area contributed by atoms with Gasteiger partial charge in [0.15, 0.2) is 0 Å². The molecule has 1 aromatic heterocycles. The van der Waals surface area contributed by atoms with E-state index in [1.54, 1.807) is 6.26 Å². The smallest absolute Gasteiger partial charge is 0.0705 e. The van der Waals surface area contributed by atoms with Gasteiger partial charge in [0, 0.05) is 11.1 Å². The van der Waals surface area contributed by atoms with Gasteiger partial charge < -0.3 is 0 Å². The summed E-state index contributed by atoms with van der Waals surface area (Å²) in [5, 5.41) is 1.21. The molecule has 0 N–H and O–H groups in total. The van der Waals surface area contributed by atoms with E-state index in [1.165, 1.54) is 5.39 Å². The largest absolute Gasteiger partial charge is 0.253 e. The second-order valence-electron chi connectivity index (χ2n) is 2.65. The molecule has 1 aromatic carbocycles. The average Bonchev–Trinajstić information content (AvgIpc) is 2.45. The van der Waals surface area contributed by atoms with Gasteiger partial charge >= 0.3 is 0 Å². The van der Waals surface area contributed by atoms with E-state index in [-0.39, 0.29) is 0 Å². The van der Waals surface area contributed by atoms with E-state index in [0.717, 1.165) is 11.2 Å². The number of hydrogen-bond donors (Lipinski definition) is 1. The molecule has 17 heavy (non-hydrogen) atoms. The molecule has 0 saturated carbocycles. The van der Waals surface area contributed by atoms with Gasteiger partial charge in [0.05, 0.1) is 5.52 Å². The second-order valence-corrected chi connectivity index (χ2v) is 2.65. The standard InChI is InChI=1S/C10H9N.2C2H6.CH4S/c1-8-6-7-9-4-2-3-5-10(9)11-8;3*1-2/h2-7H,1H3;2*1-2H3;2H,1H3. The van der Waals surface area contributed by atoms with Crippen LogP contribution in [0.3, 0.4) is 0 Å². The van der Waals surface area contributed by atoms with Gasteiger partial charge in [-0.2, -0.15) is 12.6 Å². The van der Waals surface area contributed by atoms with Gasteiger partial charge in [-0.25, -0.2) is 0 Å². The van der Waals surface area contributed by atoms with Crippen LogP contribution in [0.2, 0.25) is 0 Å². The van der Waals surface area contributed by atoms with Gasteiger partial charge in [0.2, 0.25) is 0 Å². The van der Waals surface area contributed by atoms with Gasteiger partial charge in [0.25, 0.3) is 0 Å². The molecule has 0 unspecified atom stereocenters. The zero-order valence-corrected chi connectivity index (χ0v) is 12.8. The first-order chi connectivity index (χ1) is 8.36. The van der Waals surface area contributed by atoms with Crippen LogP contribution in [-0.4, -0.2) is 11.2 Å². The SMILES string of the molecule is CC.CC.CS.Cc1ccc2ccccc2n1. The summed E-state index contributed by atoms with van der Waals surface area (Å²) in [5.41, 5.74) is 2.15. The Morgan fingerprint density at radius 3 is 1.94 bits per heavy atom. The van der Waals surface area contributed by atoms with Crippen LogP contribution >= 0.6 is 12.6 Å². The number of para-hydroxylation sites is 1. The number of pyridine rings is 1. The maximum absolute atomic E-state index is 4.38. The Labute approximate surface area is 112 Å². The third kappa shape index (κ3) is 7.01. The van der Waals surface area contributed by atoms with Gasteiger partial charge in [-0.1, -0.05) is 52.0 Å². The summed E-state index contributed by atoms with van der Waals surface area (Å²) < 4.78 is 0. The topological polar surface area (TPSA) is 12.9 Å². The number of rotatable bonds is 0. The van der Waals surface area contributed by atoms with Crippen molar-refractivity contribution in [2.75, 3.05) is 6.26 Å². The lowest BCUT2D eigenvalue weighted by molar-refractivity contribution is 1.26. The van der Waals surface area contributed by atoms with Crippen LogP contribution in [0, 0.1) is 6.92 Å². The van der Waals surface area contributed by atoms with Gasteiger partial charge in [0.1, 0.15) is 0 Å². The summed E-state index contributed by atoms with van der Waals surface area (Å²) in [7, 11) is 0. The normalized spacial score (nSPS) is 7.71. The number of hydrogen-bond acceptors (Lipinski definition) is 2. The van der Waals surface area contributed by atoms with E-state index in [9.17, 15) is 0 Å². The number of nitrogens with zero attached hydrogens (tertiary/aromatic N) is 1. The van der Waals surface area contributed by atoms with Crippen molar-refractivity contribution >= 4 is 23.5 Å². The van der Waals surface area contributed by atoms with E-state index >= 15 is 0 Å². The monoisotopic (exact) mass is 251 g/mol. The predicted octanol–water partition coefficient (Wildman–Crippen LogP) is 5.14. The van der Waals surface area contributed by atoms with Crippen molar-refractivity contribution in [3.05, 3.63) is 42.1 Å². The first-order valence-electron chi connectivity index (χ1n) is 6.13. The Morgan fingerprint density at radius 1 is 0.824 bits per heavy atom. The second kappa shape index (κ2) is 13.0. The molecule has 0 saturated heterocycles. The maximum Gasteiger partial charge on any atom is 0.0705 e. The number of fused-ring (bicyclic) bond motifs is 1. The summed E-state index contributed by atoms with van der Waals surface area (Å²) in [4.78, 5) is 4.38. The molecule has 2 aromatic rings. The van der Waals surface area contributed by atoms with Crippen molar-refractivity contribution in [3.63, 3.8) is 0 Å². The fraction of sp³-hybridized carbons (Fsp3) is 0.400. The molecular formula is C15H25NS. The molecule has 0 radical (unpaired) electrons. The summed E-state index contributed by atoms with van der Waals surface area (Å²) in [6, 6.07) is 12.3. The molecule has 96 valence electrons. The highest BCUT2D eigenvalue weighted by Crippen LogP contribution is 2.10. The molecular weight excluding hydrogens is 226 g/mol. The van der Waals surface area contributed by atoms with Crippen LogP contribution in [-0.2, 0) is 0 Å². The Kier molecular flexibility index (Phi) is 14.1. The van der Waals surface area contributed by atoms with Crippen LogP contribution < -0.4 is 0 Å². The van der Waals surface area contributed by atoms with E-state index in [2.05, 4.69) is 29.7 Å². The Hall–Kier alpha value is -1.02. The summed E-state index contributed by atoms with van der Waals surface area (Å²) >= 11 is 3.53. The highest BCUT2D eigenvalue weighted by atomic mass is 32.1. The highest BCUT2D eigenvalue weighted by Gasteiger charge is 1.90. The molecule has 0 fully saturated rings. The zero-order chi connectivity index (χ0) is 13.7. The average molecular weight is 251 g/mol. The van der Waals surface area contributed by atoms with E-state index in [4.69, 9.17) is 0 Å². The van der Waals surface area contributed by atoms with E-state index in [1.807, 2.05) is 58.9 Å². The van der Waals surface area contributed by atoms with Crippen LogP contribution in [0.1, 0.15) is 33.4 Å². The summed E-state index contributed by atoms with van der Waals surface area (Å²) in [5.74, 6) is 0. The van der Waals surface area contributed by atoms with Crippen LogP contribution in [0.4, 0.5) is 0 Å². The molecule has 0 amide bonds. The molecule has 0 aliphatic heterocycles. The molecule has 0 bridgehead atoms. The minimum atomic E-state index is 1.07. The van der Waals surface area contributed by atoms with Gasteiger partial charge in [-0.3, -0.25) is 4.98 Å². The Balaban J connectivity index is 0. The molecule has 0 aliphatic carbocycles. The maximum atomic E-state index is 4.38. The van der Waals surface area contributed by atoms with Crippen molar-refractivity contribution in [3.8, 4) is 0 Å². The lowest BCUT2D eigenvalue weighted by atomic mass is 10.2. The quantitative estimate of drug-likeness (QED) is 0.640. The van der Waals surface area contributed by atoms with E-state index < -0.39 is 0 Å². The van der Waals surface area contributed by atoms with Crippen molar-refractivity contribution in [2.45, 2.75) is 34.6 Å². The number of benzene rings is 1. The minimum Gasteiger partial charge on any atom is -0.253 e. The molecule has 0 aliphatic rings. The van der Waals surface area contributed by atoms with Crippen LogP contribution in [0.25, 0.3) is 10.9 Å². The fourth-order valence-electron chi connectivity index (χ4n) is 1.17. The van der Waals surface area contributed by atoms with Crippen molar-refractivity contribution < 1.29 is 0 Å². The Morgan fingerprint density at radius 2 is 1.35 bits per heavy atom. The van der Waals surface area contributed by atoms with E-state index in [0.29, 0.717) is 0 Å². The van der Waals surface area contributed by atoms with Gasteiger partial charge in [-0.05, 0) is 25.3 Å². The fourth-order valence-corrected chi connectivity index (χ4v) is 1.17. The predicted molar refractivity (Wildman–Crippen MR) is 84.1 cm³/mol. The highest BCUT2D eigenvalue weighted by molar-refractivity contribution is 7.79. The van der Waals surface area contributed by atoms with Crippen LogP contribution in [0.15, 0.2) is 36.4 Å². The number of thiol groups is 1. The molecule has 1 nitrogen and oxygen atoms in total. The lowest BCUT2D eigenvalue weighted by Crippen LogP contribution is -1.80. The third-order valence-corrected chi connectivity index (χ3v) is 1.74. The first-order valence-corrected chi connectivity index (χ1v) is 7.03. The van der Waals surface area contributed by atoms with Crippen molar-refractivity contribution in [1.29, 1.82) is 0 Å². The molecule has 1 heterocycles. The molecule has 0 atom stereocenters. The molecule has 2 rings (SSSR count). The number of aryl methyl sites for hydroxylation is 1. The first kappa shape index (κ1) is 18.3. The zero-order valence-electron chi connectivity index (χ0n) is 11.9. The molecule has 0 spiro atoms. The van der Waals surface area contributed by atoms with Crippen molar-refractivity contribution in [1.82, 2.24) is 4.98 Å². The third-order valence-electron chi connectivity index (χ3n) is 1.74. The Bertz CT molecular complexity index is 385. The molecule has 2 heteroatoms. The van der Waals surface area contributed by atoms with Crippen molar-refractivity contribution in [2.24, 2.45) is 0 Å². The van der Waals surface area contributed by atoms with Gasteiger partial charge in [-0.15, -0.1) is 0 Å².